The van der Waals surface area contributed by atoms with Crippen molar-refractivity contribution in [1.29, 1.82) is 0 Å². The molecule has 4 aromatic rings. The third-order valence-corrected chi connectivity index (χ3v) is 5.46. The maximum Gasteiger partial charge on any atom is 0.253 e. The molecule has 0 atom stereocenters. The number of pyridine rings is 1. The lowest BCUT2D eigenvalue weighted by atomic mass is 9.84. The SMILES string of the molecule is Cn1c(=O)cc(C(=O)NC(C)(c2ccccc2)c2ccccc2)c2ccccc21. The first-order chi connectivity index (χ1) is 14.0. The zero-order valence-electron chi connectivity index (χ0n) is 16.4. The second-order valence-corrected chi connectivity index (χ2v) is 7.28. The van der Waals surface area contributed by atoms with Crippen LogP contribution in [0.15, 0.2) is 95.8 Å². The molecule has 0 unspecified atom stereocenters. The van der Waals surface area contributed by atoms with E-state index in [0.717, 1.165) is 22.0 Å². The molecule has 1 N–H and O–H groups in total. The van der Waals surface area contributed by atoms with Crippen LogP contribution in [-0.2, 0) is 12.6 Å². The Hall–Kier alpha value is -3.66. The minimum atomic E-state index is -0.748. The van der Waals surface area contributed by atoms with Gasteiger partial charge in [0.2, 0.25) is 0 Å². The average Bonchev–Trinajstić information content (AvgIpc) is 2.77. The van der Waals surface area contributed by atoms with Crippen molar-refractivity contribution >= 4 is 16.8 Å². The number of amides is 1. The molecule has 1 aromatic heterocycles. The first-order valence-electron chi connectivity index (χ1n) is 9.53. The van der Waals surface area contributed by atoms with Gasteiger partial charge in [0.15, 0.2) is 0 Å². The summed E-state index contributed by atoms with van der Waals surface area (Å²) in [5.41, 5.74) is 2.07. The summed E-state index contributed by atoms with van der Waals surface area (Å²) in [6.45, 7) is 1.98. The Morgan fingerprint density at radius 3 is 1.93 bits per heavy atom. The number of carbonyl (C=O) groups is 1. The molecule has 4 nitrogen and oxygen atoms in total. The van der Waals surface area contributed by atoms with E-state index >= 15 is 0 Å². The highest BCUT2D eigenvalue weighted by Crippen LogP contribution is 2.30. The molecule has 1 heterocycles. The summed E-state index contributed by atoms with van der Waals surface area (Å²) in [6.07, 6.45) is 0. The van der Waals surface area contributed by atoms with Crippen molar-refractivity contribution in [2.75, 3.05) is 0 Å². The van der Waals surface area contributed by atoms with Crippen molar-refractivity contribution in [2.24, 2.45) is 7.05 Å². The lowest BCUT2D eigenvalue weighted by molar-refractivity contribution is 0.0920. The normalized spacial score (nSPS) is 11.4. The standard InChI is InChI=1S/C25H22N2O2/c1-25(18-11-5-3-6-12-18,19-13-7-4-8-14-19)26-24(29)21-17-23(28)27(2)22-16-10-9-15-20(21)22/h3-17H,1-2H3,(H,26,29). The van der Waals surface area contributed by atoms with Crippen LogP contribution in [0.3, 0.4) is 0 Å². The van der Waals surface area contributed by atoms with Crippen molar-refractivity contribution in [1.82, 2.24) is 9.88 Å². The van der Waals surface area contributed by atoms with Gasteiger partial charge in [-0.3, -0.25) is 9.59 Å². The smallest absolute Gasteiger partial charge is 0.253 e. The Morgan fingerprint density at radius 1 is 0.828 bits per heavy atom. The Bertz CT molecular complexity index is 1190. The van der Waals surface area contributed by atoms with Gasteiger partial charge in [0, 0.05) is 18.5 Å². The molecule has 3 aromatic carbocycles. The number of fused-ring (bicyclic) bond motifs is 1. The van der Waals surface area contributed by atoms with Gasteiger partial charge in [-0.05, 0) is 24.1 Å². The van der Waals surface area contributed by atoms with Crippen molar-refractivity contribution in [3.63, 3.8) is 0 Å². The number of benzene rings is 3. The molecule has 0 aliphatic heterocycles. The van der Waals surface area contributed by atoms with E-state index in [-0.39, 0.29) is 11.5 Å². The monoisotopic (exact) mass is 382 g/mol. The van der Waals surface area contributed by atoms with Crippen molar-refractivity contribution in [2.45, 2.75) is 12.5 Å². The molecule has 144 valence electrons. The number of aromatic nitrogens is 1. The molecular weight excluding hydrogens is 360 g/mol. The van der Waals surface area contributed by atoms with Crippen LogP contribution >= 0.6 is 0 Å². The molecule has 0 aliphatic carbocycles. The minimum Gasteiger partial charge on any atom is -0.339 e. The lowest BCUT2D eigenvalue weighted by Gasteiger charge is -2.32. The average molecular weight is 382 g/mol. The zero-order chi connectivity index (χ0) is 20.4. The number of para-hydroxylation sites is 1. The lowest BCUT2D eigenvalue weighted by Crippen LogP contribution is -2.44. The number of nitrogens with one attached hydrogen (secondary N) is 1. The van der Waals surface area contributed by atoms with Gasteiger partial charge < -0.3 is 9.88 Å². The number of rotatable bonds is 4. The number of carbonyl (C=O) groups excluding carboxylic acids is 1. The van der Waals surface area contributed by atoms with E-state index in [1.807, 2.05) is 91.9 Å². The molecule has 0 fully saturated rings. The minimum absolute atomic E-state index is 0.213. The quantitative estimate of drug-likeness (QED) is 0.574. The van der Waals surface area contributed by atoms with Crippen LogP contribution in [-0.4, -0.2) is 10.5 Å². The van der Waals surface area contributed by atoms with E-state index in [4.69, 9.17) is 0 Å². The maximum atomic E-state index is 13.4. The van der Waals surface area contributed by atoms with E-state index in [9.17, 15) is 9.59 Å². The highest BCUT2D eigenvalue weighted by atomic mass is 16.2. The molecule has 0 bridgehead atoms. The molecule has 4 rings (SSSR count). The van der Waals surface area contributed by atoms with Crippen molar-refractivity contribution in [3.05, 3.63) is 118 Å². The summed E-state index contributed by atoms with van der Waals surface area (Å²) in [5, 5.41) is 3.94. The molecule has 0 aliphatic rings. The second kappa shape index (κ2) is 7.40. The van der Waals surface area contributed by atoms with Crippen LogP contribution in [0.1, 0.15) is 28.4 Å². The predicted octanol–water partition coefficient (Wildman–Crippen LogP) is 4.23. The van der Waals surface area contributed by atoms with Crippen LogP contribution in [0.25, 0.3) is 10.9 Å². The van der Waals surface area contributed by atoms with E-state index in [2.05, 4.69) is 5.32 Å². The first-order valence-corrected chi connectivity index (χ1v) is 9.53. The maximum absolute atomic E-state index is 13.4. The molecule has 1 amide bonds. The van der Waals surface area contributed by atoms with Gasteiger partial charge in [-0.2, -0.15) is 0 Å². The van der Waals surface area contributed by atoms with Gasteiger partial charge in [-0.15, -0.1) is 0 Å². The molecule has 0 spiro atoms. The number of hydrogen-bond donors (Lipinski definition) is 1. The summed E-state index contributed by atoms with van der Waals surface area (Å²) in [6, 6.07) is 28.6. The van der Waals surface area contributed by atoms with E-state index in [1.54, 1.807) is 11.6 Å². The Labute approximate surface area is 169 Å². The Balaban J connectivity index is 1.85. The third-order valence-electron chi connectivity index (χ3n) is 5.46. The van der Waals surface area contributed by atoms with Gasteiger partial charge in [-0.25, -0.2) is 0 Å². The number of aryl methyl sites for hydroxylation is 1. The van der Waals surface area contributed by atoms with E-state index in [0.29, 0.717) is 5.56 Å². The molecule has 4 heteroatoms. The molecule has 29 heavy (non-hydrogen) atoms. The van der Waals surface area contributed by atoms with Gasteiger partial charge in [-0.1, -0.05) is 78.9 Å². The van der Waals surface area contributed by atoms with Crippen molar-refractivity contribution in [3.8, 4) is 0 Å². The van der Waals surface area contributed by atoms with Crippen LogP contribution in [0.2, 0.25) is 0 Å². The van der Waals surface area contributed by atoms with Gasteiger partial charge in [0.05, 0.1) is 16.6 Å². The summed E-state index contributed by atoms with van der Waals surface area (Å²) < 4.78 is 1.56. The van der Waals surface area contributed by atoms with Gasteiger partial charge in [0.25, 0.3) is 11.5 Å². The molecular formula is C25H22N2O2. The largest absolute Gasteiger partial charge is 0.339 e. The van der Waals surface area contributed by atoms with Crippen LogP contribution in [0.5, 0.6) is 0 Å². The first kappa shape index (κ1) is 18.7. The third kappa shape index (κ3) is 3.34. The number of nitrogens with zero attached hydrogens (tertiary/aromatic N) is 1. The highest BCUT2D eigenvalue weighted by Gasteiger charge is 2.31. The molecule has 0 radical (unpaired) electrons. The highest BCUT2D eigenvalue weighted by molar-refractivity contribution is 6.06. The topological polar surface area (TPSA) is 51.1 Å². The zero-order valence-corrected chi connectivity index (χ0v) is 16.4. The summed E-state index contributed by atoms with van der Waals surface area (Å²) in [4.78, 5) is 25.9. The fourth-order valence-electron chi connectivity index (χ4n) is 3.75. The van der Waals surface area contributed by atoms with E-state index in [1.165, 1.54) is 6.07 Å². The summed E-state index contributed by atoms with van der Waals surface area (Å²) in [7, 11) is 1.71. The summed E-state index contributed by atoms with van der Waals surface area (Å²) in [5.74, 6) is -0.283. The fraction of sp³-hybridized carbons (Fsp3) is 0.120. The fourth-order valence-corrected chi connectivity index (χ4v) is 3.75. The van der Waals surface area contributed by atoms with Gasteiger partial charge >= 0.3 is 0 Å². The Kier molecular flexibility index (Phi) is 4.77. The van der Waals surface area contributed by atoms with Crippen LogP contribution < -0.4 is 10.9 Å². The second-order valence-electron chi connectivity index (χ2n) is 7.28. The van der Waals surface area contributed by atoms with Crippen LogP contribution in [0, 0.1) is 0 Å². The summed E-state index contributed by atoms with van der Waals surface area (Å²) >= 11 is 0. The van der Waals surface area contributed by atoms with Gasteiger partial charge in [0.1, 0.15) is 0 Å². The van der Waals surface area contributed by atoms with Crippen LogP contribution in [0.4, 0.5) is 0 Å². The van der Waals surface area contributed by atoms with Crippen molar-refractivity contribution < 1.29 is 4.79 Å². The number of hydrogen-bond acceptors (Lipinski definition) is 2. The molecule has 0 saturated heterocycles. The predicted molar refractivity (Wildman–Crippen MR) is 116 cm³/mol. The molecule has 0 saturated carbocycles. The Morgan fingerprint density at radius 2 is 1.34 bits per heavy atom. The van der Waals surface area contributed by atoms with E-state index < -0.39 is 5.54 Å².